The van der Waals surface area contributed by atoms with E-state index < -0.39 is 29.3 Å². The van der Waals surface area contributed by atoms with Crippen molar-refractivity contribution in [2.75, 3.05) is 17.2 Å². The SMILES string of the molecule is Cc1ccc(NC(=O)COC(=O)c2ccc(NC(=O)CC#N)cc2)cc1[N+](=O)[O-]. The van der Waals surface area contributed by atoms with E-state index >= 15 is 0 Å². The monoisotopic (exact) mass is 396 g/mol. The zero-order valence-corrected chi connectivity index (χ0v) is 15.3. The Bertz CT molecular complexity index is 995. The van der Waals surface area contributed by atoms with E-state index in [0.717, 1.165) is 0 Å². The smallest absolute Gasteiger partial charge is 0.338 e. The Kier molecular flexibility index (Phi) is 6.97. The zero-order valence-electron chi connectivity index (χ0n) is 15.3. The molecule has 0 radical (unpaired) electrons. The molecule has 10 heteroatoms. The second-order valence-corrected chi connectivity index (χ2v) is 5.84. The number of carbonyl (C=O) groups is 3. The molecule has 10 nitrogen and oxygen atoms in total. The standard InChI is InChI=1S/C19H16N4O6/c1-12-2-5-15(10-16(12)23(27)28)22-18(25)11-29-19(26)13-3-6-14(7-4-13)21-17(24)8-9-20/h2-7,10H,8,11H2,1H3,(H,21,24)(H,22,25). The summed E-state index contributed by atoms with van der Waals surface area (Å²) in [5, 5.41) is 24.3. The third kappa shape index (κ3) is 6.14. The molecular weight excluding hydrogens is 380 g/mol. The number of carbonyl (C=O) groups excluding carboxylic acids is 3. The van der Waals surface area contributed by atoms with Crippen LogP contribution in [0.1, 0.15) is 22.3 Å². The normalized spacial score (nSPS) is 9.79. The summed E-state index contributed by atoms with van der Waals surface area (Å²) in [4.78, 5) is 45.6. The lowest BCUT2D eigenvalue weighted by Gasteiger charge is -2.08. The Morgan fingerprint density at radius 2 is 1.69 bits per heavy atom. The summed E-state index contributed by atoms with van der Waals surface area (Å²) in [5.41, 5.74) is 1.08. The van der Waals surface area contributed by atoms with Crippen LogP contribution in [0.3, 0.4) is 0 Å². The van der Waals surface area contributed by atoms with Gasteiger partial charge in [-0.2, -0.15) is 5.26 Å². The summed E-state index contributed by atoms with van der Waals surface area (Å²) >= 11 is 0. The highest BCUT2D eigenvalue weighted by Gasteiger charge is 2.14. The molecule has 2 rings (SSSR count). The van der Waals surface area contributed by atoms with Crippen LogP contribution < -0.4 is 10.6 Å². The fourth-order valence-corrected chi connectivity index (χ4v) is 2.26. The number of ether oxygens (including phenoxy) is 1. The first kappa shape index (κ1) is 21.0. The van der Waals surface area contributed by atoms with Gasteiger partial charge in [-0.05, 0) is 37.3 Å². The van der Waals surface area contributed by atoms with Crippen LogP contribution in [0.4, 0.5) is 17.1 Å². The van der Waals surface area contributed by atoms with Gasteiger partial charge in [0.25, 0.3) is 11.6 Å². The highest BCUT2D eigenvalue weighted by atomic mass is 16.6. The quantitative estimate of drug-likeness (QED) is 0.414. The lowest BCUT2D eigenvalue weighted by atomic mass is 10.2. The average Bonchev–Trinajstić information content (AvgIpc) is 2.68. The predicted octanol–water partition coefficient (Wildman–Crippen LogP) is 2.55. The number of esters is 1. The number of amides is 2. The second kappa shape index (κ2) is 9.61. The van der Waals surface area contributed by atoms with Crippen molar-refractivity contribution in [1.82, 2.24) is 0 Å². The summed E-state index contributed by atoms with van der Waals surface area (Å²) in [6, 6.07) is 11.6. The lowest BCUT2D eigenvalue weighted by Crippen LogP contribution is -2.21. The topological polar surface area (TPSA) is 151 Å². The maximum atomic E-state index is 12.0. The first-order valence-corrected chi connectivity index (χ1v) is 8.29. The molecule has 0 aliphatic heterocycles. The van der Waals surface area contributed by atoms with Gasteiger partial charge in [0.15, 0.2) is 6.61 Å². The van der Waals surface area contributed by atoms with E-state index in [4.69, 9.17) is 10.00 Å². The van der Waals surface area contributed by atoms with Crippen molar-refractivity contribution < 1.29 is 24.0 Å². The van der Waals surface area contributed by atoms with E-state index in [9.17, 15) is 24.5 Å². The minimum Gasteiger partial charge on any atom is -0.452 e. The predicted molar refractivity (Wildman–Crippen MR) is 102 cm³/mol. The number of nitrogens with one attached hydrogen (secondary N) is 2. The maximum Gasteiger partial charge on any atom is 0.338 e. The summed E-state index contributed by atoms with van der Waals surface area (Å²) in [7, 11) is 0. The van der Waals surface area contributed by atoms with Crippen LogP contribution in [-0.4, -0.2) is 29.3 Å². The number of rotatable bonds is 7. The molecular formula is C19H16N4O6. The number of aryl methyl sites for hydroxylation is 1. The summed E-state index contributed by atoms with van der Waals surface area (Å²) in [5.74, 6) is -1.89. The van der Waals surface area contributed by atoms with Gasteiger partial charge in [0.1, 0.15) is 6.42 Å². The molecule has 0 atom stereocenters. The molecule has 0 aromatic heterocycles. The minimum atomic E-state index is -0.759. The molecule has 0 bridgehead atoms. The van der Waals surface area contributed by atoms with E-state index in [1.807, 2.05) is 0 Å². The number of nitrogens with zero attached hydrogens (tertiary/aromatic N) is 2. The maximum absolute atomic E-state index is 12.0. The Morgan fingerprint density at radius 3 is 2.31 bits per heavy atom. The summed E-state index contributed by atoms with van der Waals surface area (Å²) in [6.45, 7) is 0.993. The molecule has 29 heavy (non-hydrogen) atoms. The Morgan fingerprint density at radius 1 is 1.07 bits per heavy atom. The van der Waals surface area contributed by atoms with Crippen molar-refractivity contribution in [3.63, 3.8) is 0 Å². The molecule has 0 spiro atoms. The van der Waals surface area contributed by atoms with Crippen molar-refractivity contribution >= 4 is 34.8 Å². The highest BCUT2D eigenvalue weighted by molar-refractivity contribution is 5.96. The van der Waals surface area contributed by atoms with Gasteiger partial charge in [0.05, 0.1) is 16.6 Å². The van der Waals surface area contributed by atoms with E-state index in [1.54, 1.807) is 13.0 Å². The van der Waals surface area contributed by atoms with Gasteiger partial charge in [0.2, 0.25) is 5.91 Å². The van der Waals surface area contributed by atoms with Crippen molar-refractivity contribution in [2.45, 2.75) is 13.3 Å². The number of nitriles is 1. The molecule has 148 valence electrons. The van der Waals surface area contributed by atoms with Gasteiger partial charge in [-0.1, -0.05) is 6.07 Å². The number of benzene rings is 2. The van der Waals surface area contributed by atoms with Crippen LogP contribution in [0.15, 0.2) is 42.5 Å². The fraction of sp³-hybridized carbons (Fsp3) is 0.158. The van der Waals surface area contributed by atoms with Crippen LogP contribution in [0, 0.1) is 28.4 Å². The molecule has 0 fully saturated rings. The van der Waals surface area contributed by atoms with Crippen LogP contribution in [0.5, 0.6) is 0 Å². The molecule has 2 aromatic carbocycles. The number of nitro groups is 1. The van der Waals surface area contributed by atoms with Crippen molar-refractivity contribution in [3.05, 3.63) is 63.7 Å². The minimum absolute atomic E-state index is 0.137. The highest BCUT2D eigenvalue weighted by Crippen LogP contribution is 2.22. The average molecular weight is 396 g/mol. The van der Waals surface area contributed by atoms with Gasteiger partial charge in [-0.15, -0.1) is 0 Å². The molecule has 0 saturated heterocycles. The zero-order chi connectivity index (χ0) is 21.4. The molecule has 0 unspecified atom stereocenters. The van der Waals surface area contributed by atoms with E-state index in [-0.39, 0.29) is 23.4 Å². The first-order valence-electron chi connectivity index (χ1n) is 8.29. The largest absolute Gasteiger partial charge is 0.452 e. The number of anilines is 2. The van der Waals surface area contributed by atoms with Crippen LogP contribution in [0.2, 0.25) is 0 Å². The van der Waals surface area contributed by atoms with E-state index in [1.165, 1.54) is 42.5 Å². The van der Waals surface area contributed by atoms with Gasteiger partial charge >= 0.3 is 5.97 Å². The molecule has 2 amide bonds. The fourth-order valence-electron chi connectivity index (χ4n) is 2.26. The van der Waals surface area contributed by atoms with E-state index in [2.05, 4.69) is 10.6 Å². The van der Waals surface area contributed by atoms with Gasteiger partial charge in [-0.3, -0.25) is 19.7 Å². The second-order valence-electron chi connectivity index (χ2n) is 5.84. The third-order valence-electron chi connectivity index (χ3n) is 3.67. The van der Waals surface area contributed by atoms with Crippen LogP contribution in [0.25, 0.3) is 0 Å². The summed E-state index contributed by atoms with van der Waals surface area (Å²) < 4.78 is 4.91. The van der Waals surface area contributed by atoms with Crippen molar-refractivity contribution in [3.8, 4) is 6.07 Å². The van der Waals surface area contributed by atoms with Crippen LogP contribution >= 0.6 is 0 Å². The molecule has 0 aliphatic rings. The third-order valence-corrected chi connectivity index (χ3v) is 3.67. The number of hydrogen-bond acceptors (Lipinski definition) is 7. The Hall–Kier alpha value is -4.26. The van der Waals surface area contributed by atoms with Crippen LogP contribution in [-0.2, 0) is 14.3 Å². The molecule has 2 aromatic rings. The van der Waals surface area contributed by atoms with Gasteiger partial charge in [0, 0.05) is 23.0 Å². The van der Waals surface area contributed by atoms with Gasteiger partial charge in [-0.25, -0.2) is 4.79 Å². The van der Waals surface area contributed by atoms with Crippen molar-refractivity contribution in [1.29, 1.82) is 5.26 Å². The van der Waals surface area contributed by atoms with E-state index in [0.29, 0.717) is 11.3 Å². The number of nitro benzene ring substituents is 1. The molecule has 2 N–H and O–H groups in total. The molecule has 0 heterocycles. The Labute approximate surface area is 165 Å². The lowest BCUT2D eigenvalue weighted by molar-refractivity contribution is -0.385. The van der Waals surface area contributed by atoms with Gasteiger partial charge < -0.3 is 15.4 Å². The molecule has 0 saturated carbocycles. The first-order chi connectivity index (χ1) is 13.8. The molecule has 0 aliphatic carbocycles. The summed E-state index contributed by atoms with van der Waals surface area (Å²) in [6.07, 6.45) is -0.289. The number of hydrogen-bond donors (Lipinski definition) is 2. The Balaban J connectivity index is 1.89. The van der Waals surface area contributed by atoms with Crippen molar-refractivity contribution in [2.24, 2.45) is 0 Å².